The number of aliphatic hydroxyl groups excluding tert-OH is 1. The van der Waals surface area contributed by atoms with Crippen LogP contribution in [0.25, 0.3) is 5.57 Å². The Kier molecular flexibility index (Phi) is 3.79. The summed E-state index contributed by atoms with van der Waals surface area (Å²) in [4.78, 5) is 25.2. The Morgan fingerprint density at radius 3 is 2.20 bits per heavy atom. The summed E-state index contributed by atoms with van der Waals surface area (Å²) in [5, 5.41) is 9.91. The zero-order valence-corrected chi connectivity index (χ0v) is 11.7. The molecule has 0 atom stereocenters. The number of benzene rings is 1. The maximum atomic E-state index is 12.2. The lowest BCUT2D eigenvalue weighted by atomic mass is 10.1. The number of carbonyl (C=O) groups excluding carboxylic acids is 2. The molecule has 1 aromatic rings. The quantitative estimate of drug-likeness (QED) is 0.855. The summed E-state index contributed by atoms with van der Waals surface area (Å²) in [6.45, 7) is 5.88. The number of imide groups is 1. The minimum absolute atomic E-state index is 0.0479. The molecular formula is C15H17NO4. The van der Waals surface area contributed by atoms with Crippen molar-refractivity contribution in [1.29, 1.82) is 0 Å². The van der Waals surface area contributed by atoms with Gasteiger partial charge in [0.05, 0.1) is 12.2 Å². The number of ether oxygens (including phenoxy) is 1. The number of nitrogens with zero attached hydrogens (tertiary/aromatic N) is 1. The van der Waals surface area contributed by atoms with Crippen LogP contribution in [0.4, 0.5) is 0 Å². The number of hydrogen-bond donors (Lipinski definition) is 1. The highest BCUT2D eigenvalue weighted by Crippen LogP contribution is 2.30. The number of aliphatic hydroxyl groups is 1. The average molecular weight is 275 g/mol. The molecule has 0 aliphatic carbocycles. The van der Waals surface area contributed by atoms with Crippen LogP contribution in [-0.2, 0) is 9.59 Å². The van der Waals surface area contributed by atoms with Gasteiger partial charge in [-0.2, -0.15) is 0 Å². The first-order valence-electron chi connectivity index (χ1n) is 6.51. The summed E-state index contributed by atoms with van der Waals surface area (Å²) in [7, 11) is 0. The molecule has 2 amide bonds. The van der Waals surface area contributed by atoms with Crippen molar-refractivity contribution in [1.82, 2.24) is 4.90 Å². The van der Waals surface area contributed by atoms with Crippen molar-refractivity contribution in [3.8, 4) is 5.75 Å². The molecular weight excluding hydrogens is 258 g/mol. The summed E-state index contributed by atoms with van der Waals surface area (Å²) in [6.07, 6.45) is 0. The molecule has 0 aromatic heterocycles. The summed E-state index contributed by atoms with van der Waals surface area (Å²) in [5.74, 6) is -0.928. The number of carbonyl (C=O) groups is 2. The molecule has 1 heterocycles. The predicted octanol–water partition coefficient (Wildman–Crippen LogP) is 2.13. The van der Waals surface area contributed by atoms with E-state index < -0.39 is 17.6 Å². The zero-order valence-electron chi connectivity index (χ0n) is 11.7. The highest BCUT2D eigenvalue weighted by atomic mass is 16.5. The lowest BCUT2D eigenvalue weighted by Gasteiger charge is -2.18. The fourth-order valence-electron chi connectivity index (χ4n) is 2.15. The van der Waals surface area contributed by atoms with Crippen LogP contribution in [0.1, 0.15) is 26.3 Å². The lowest BCUT2D eigenvalue weighted by Crippen LogP contribution is -2.37. The molecule has 0 fully saturated rings. The number of hydrogen-bond acceptors (Lipinski definition) is 4. The van der Waals surface area contributed by atoms with Crippen LogP contribution in [0.3, 0.4) is 0 Å². The first kappa shape index (κ1) is 14.1. The van der Waals surface area contributed by atoms with Gasteiger partial charge in [0.2, 0.25) is 0 Å². The van der Waals surface area contributed by atoms with Crippen LogP contribution in [0.2, 0.25) is 0 Å². The SMILES string of the molecule is CCOc1ccc(C2=C(O)C(=O)N(C(C)C)C2=O)cc1. The molecule has 0 unspecified atom stereocenters. The molecule has 5 nitrogen and oxygen atoms in total. The lowest BCUT2D eigenvalue weighted by molar-refractivity contribution is -0.139. The van der Waals surface area contributed by atoms with Crippen LogP contribution < -0.4 is 4.74 Å². The Morgan fingerprint density at radius 1 is 1.15 bits per heavy atom. The van der Waals surface area contributed by atoms with E-state index in [0.717, 1.165) is 4.90 Å². The van der Waals surface area contributed by atoms with Gasteiger partial charge in [-0.05, 0) is 38.5 Å². The van der Waals surface area contributed by atoms with Gasteiger partial charge in [0.15, 0.2) is 5.76 Å². The summed E-state index contributed by atoms with van der Waals surface area (Å²) in [6, 6.07) is 6.43. The van der Waals surface area contributed by atoms with E-state index in [2.05, 4.69) is 0 Å². The second-order valence-electron chi connectivity index (χ2n) is 4.76. The fourth-order valence-corrected chi connectivity index (χ4v) is 2.15. The molecule has 1 N–H and O–H groups in total. The van der Waals surface area contributed by atoms with Gasteiger partial charge >= 0.3 is 0 Å². The molecule has 1 aliphatic heterocycles. The van der Waals surface area contributed by atoms with E-state index in [1.165, 1.54) is 0 Å². The minimum atomic E-state index is -0.645. The van der Waals surface area contributed by atoms with Gasteiger partial charge in [-0.3, -0.25) is 14.5 Å². The standard InChI is InChI=1S/C15H17NO4/c1-4-20-11-7-5-10(6-8-11)12-13(17)15(19)16(9(2)3)14(12)18/h5-9,17H,4H2,1-3H3. The van der Waals surface area contributed by atoms with Gasteiger partial charge < -0.3 is 9.84 Å². The molecule has 1 aromatic carbocycles. The smallest absolute Gasteiger partial charge is 0.296 e. The minimum Gasteiger partial charge on any atom is -0.502 e. The topological polar surface area (TPSA) is 66.8 Å². The maximum absolute atomic E-state index is 12.2. The Labute approximate surface area is 117 Å². The largest absolute Gasteiger partial charge is 0.502 e. The molecule has 0 radical (unpaired) electrons. The third kappa shape index (κ3) is 2.27. The second-order valence-corrected chi connectivity index (χ2v) is 4.76. The molecule has 2 rings (SSSR count). The van der Waals surface area contributed by atoms with Gasteiger partial charge in [0, 0.05) is 6.04 Å². The first-order valence-corrected chi connectivity index (χ1v) is 6.51. The third-order valence-electron chi connectivity index (χ3n) is 3.06. The van der Waals surface area contributed by atoms with Gasteiger partial charge in [-0.15, -0.1) is 0 Å². The second kappa shape index (κ2) is 5.36. The van der Waals surface area contributed by atoms with Crippen molar-refractivity contribution < 1.29 is 19.4 Å². The van der Waals surface area contributed by atoms with Crippen LogP contribution in [0, 0.1) is 0 Å². The summed E-state index contributed by atoms with van der Waals surface area (Å²) < 4.78 is 5.32. The first-order chi connectivity index (χ1) is 9.47. The van der Waals surface area contributed by atoms with Crippen molar-refractivity contribution in [2.24, 2.45) is 0 Å². The monoisotopic (exact) mass is 275 g/mol. The Balaban J connectivity index is 2.37. The van der Waals surface area contributed by atoms with Gasteiger partial charge in [0.1, 0.15) is 5.75 Å². The number of rotatable bonds is 4. The highest BCUT2D eigenvalue weighted by Gasteiger charge is 2.40. The molecule has 5 heteroatoms. The van der Waals surface area contributed by atoms with Crippen LogP contribution in [0.15, 0.2) is 30.0 Å². The molecule has 20 heavy (non-hydrogen) atoms. The molecule has 0 bridgehead atoms. The third-order valence-corrected chi connectivity index (χ3v) is 3.06. The van der Waals surface area contributed by atoms with Crippen molar-refractivity contribution in [3.05, 3.63) is 35.6 Å². The average Bonchev–Trinajstić information content (AvgIpc) is 2.62. The van der Waals surface area contributed by atoms with Crippen LogP contribution in [0.5, 0.6) is 5.75 Å². The van der Waals surface area contributed by atoms with E-state index in [4.69, 9.17) is 4.74 Å². The normalized spacial score (nSPS) is 15.5. The Bertz CT molecular complexity index is 572. The fraction of sp³-hybridized carbons (Fsp3) is 0.333. The Morgan fingerprint density at radius 2 is 1.75 bits per heavy atom. The van der Waals surface area contributed by atoms with E-state index >= 15 is 0 Å². The van der Waals surface area contributed by atoms with E-state index in [-0.39, 0.29) is 11.6 Å². The number of amides is 2. The molecule has 0 saturated carbocycles. The van der Waals surface area contributed by atoms with E-state index in [1.54, 1.807) is 38.1 Å². The van der Waals surface area contributed by atoms with E-state index in [9.17, 15) is 14.7 Å². The van der Waals surface area contributed by atoms with Crippen LogP contribution >= 0.6 is 0 Å². The van der Waals surface area contributed by atoms with Gasteiger partial charge in [-0.1, -0.05) is 12.1 Å². The Hall–Kier alpha value is -2.30. The van der Waals surface area contributed by atoms with Crippen LogP contribution in [-0.4, -0.2) is 34.5 Å². The van der Waals surface area contributed by atoms with Crippen molar-refractivity contribution in [2.45, 2.75) is 26.8 Å². The predicted molar refractivity (Wildman–Crippen MR) is 74.1 cm³/mol. The van der Waals surface area contributed by atoms with Crippen molar-refractivity contribution in [2.75, 3.05) is 6.61 Å². The van der Waals surface area contributed by atoms with Crippen molar-refractivity contribution >= 4 is 17.4 Å². The highest BCUT2D eigenvalue weighted by molar-refractivity contribution is 6.35. The molecule has 106 valence electrons. The van der Waals surface area contributed by atoms with E-state index in [0.29, 0.717) is 17.9 Å². The zero-order chi connectivity index (χ0) is 14.9. The van der Waals surface area contributed by atoms with Crippen molar-refractivity contribution in [3.63, 3.8) is 0 Å². The van der Waals surface area contributed by atoms with E-state index in [1.807, 2.05) is 6.92 Å². The van der Waals surface area contributed by atoms with Gasteiger partial charge in [-0.25, -0.2) is 0 Å². The summed E-state index contributed by atoms with van der Waals surface area (Å²) >= 11 is 0. The molecule has 0 spiro atoms. The molecule has 1 aliphatic rings. The summed E-state index contributed by atoms with van der Waals surface area (Å²) in [5.41, 5.74) is 0.555. The molecule has 0 saturated heterocycles. The van der Waals surface area contributed by atoms with Gasteiger partial charge in [0.25, 0.3) is 11.8 Å². The maximum Gasteiger partial charge on any atom is 0.296 e.